The fourth-order valence-corrected chi connectivity index (χ4v) is 2.50. The smallest absolute Gasteiger partial charge is 0.237 e. The third-order valence-corrected chi connectivity index (χ3v) is 3.54. The lowest BCUT2D eigenvalue weighted by Gasteiger charge is -2.16. The maximum Gasteiger partial charge on any atom is 0.237 e. The lowest BCUT2D eigenvalue weighted by molar-refractivity contribution is -0.122. The average molecular weight is 256 g/mol. The number of carbonyl (C=O) groups excluding carboxylic acids is 1. The molecule has 19 heavy (non-hydrogen) atoms. The fourth-order valence-electron chi connectivity index (χ4n) is 2.50. The zero-order chi connectivity index (χ0) is 13.1. The van der Waals surface area contributed by atoms with Gasteiger partial charge >= 0.3 is 0 Å². The fraction of sp³-hybridized carbons (Fsp3) is 0.400. The highest BCUT2D eigenvalue weighted by molar-refractivity contribution is 5.85. The number of hydrogen-bond donors (Lipinski definition) is 0. The molecule has 1 fully saturated rings. The van der Waals surface area contributed by atoms with Crippen molar-refractivity contribution in [3.63, 3.8) is 0 Å². The maximum absolute atomic E-state index is 11.8. The van der Waals surface area contributed by atoms with Gasteiger partial charge < -0.3 is 4.52 Å². The number of aromatic nitrogens is 2. The highest BCUT2D eigenvalue weighted by Gasteiger charge is 2.28. The Balaban J connectivity index is 1.74. The molecule has 1 heterocycles. The van der Waals surface area contributed by atoms with Crippen molar-refractivity contribution in [2.75, 3.05) is 0 Å². The normalized spacial score (nSPS) is 19.6. The Morgan fingerprint density at radius 1 is 1.21 bits per heavy atom. The van der Waals surface area contributed by atoms with E-state index in [-0.39, 0.29) is 11.7 Å². The molecule has 0 N–H and O–H groups in total. The van der Waals surface area contributed by atoms with E-state index < -0.39 is 0 Å². The Kier molecular flexibility index (Phi) is 3.40. The average Bonchev–Trinajstić information content (AvgIpc) is 2.89. The quantitative estimate of drug-likeness (QED) is 0.847. The minimum Gasteiger partial charge on any atom is -0.339 e. The third-order valence-electron chi connectivity index (χ3n) is 3.54. The third kappa shape index (κ3) is 2.72. The second kappa shape index (κ2) is 5.34. The van der Waals surface area contributed by atoms with E-state index in [0.29, 0.717) is 24.6 Å². The van der Waals surface area contributed by atoms with E-state index in [1.165, 1.54) is 0 Å². The molecule has 1 aliphatic rings. The summed E-state index contributed by atoms with van der Waals surface area (Å²) in [4.78, 5) is 16.2. The molecule has 1 aliphatic carbocycles. The summed E-state index contributed by atoms with van der Waals surface area (Å²) in [5.41, 5.74) is 1.14. The number of carbonyl (C=O) groups is 1. The zero-order valence-electron chi connectivity index (χ0n) is 10.7. The second-order valence-electron chi connectivity index (χ2n) is 4.98. The highest BCUT2D eigenvalue weighted by atomic mass is 16.5. The molecule has 98 valence electrons. The van der Waals surface area contributed by atoms with E-state index in [2.05, 4.69) is 10.1 Å². The van der Waals surface area contributed by atoms with Crippen LogP contribution >= 0.6 is 0 Å². The first-order valence-corrected chi connectivity index (χ1v) is 6.72. The van der Waals surface area contributed by atoms with Crippen LogP contribution in [0.1, 0.15) is 48.9 Å². The number of ketones is 1. The molecular weight excluding hydrogens is 240 g/mol. The predicted octanol–water partition coefficient (Wildman–Crippen LogP) is 2.89. The van der Waals surface area contributed by atoms with Gasteiger partial charge in [0.2, 0.25) is 5.89 Å². The summed E-state index contributed by atoms with van der Waals surface area (Å²) < 4.78 is 5.26. The van der Waals surface area contributed by atoms with Crippen LogP contribution in [-0.4, -0.2) is 15.9 Å². The molecule has 1 atom stereocenters. The Morgan fingerprint density at radius 3 is 2.84 bits per heavy atom. The van der Waals surface area contributed by atoms with E-state index in [4.69, 9.17) is 4.52 Å². The van der Waals surface area contributed by atoms with Crippen molar-refractivity contribution in [3.8, 4) is 0 Å². The summed E-state index contributed by atoms with van der Waals surface area (Å²) in [5, 5.41) is 3.98. The largest absolute Gasteiger partial charge is 0.339 e. The van der Waals surface area contributed by atoms with Gasteiger partial charge in [0.25, 0.3) is 0 Å². The topological polar surface area (TPSA) is 56.0 Å². The monoisotopic (exact) mass is 256 g/mol. The number of hydrogen-bond acceptors (Lipinski definition) is 4. The van der Waals surface area contributed by atoms with Crippen LogP contribution in [0.3, 0.4) is 0 Å². The molecule has 0 spiro atoms. The van der Waals surface area contributed by atoms with Crippen molar-refractivity contribution < 1.29 is 9.32 Å². The molecule has 4 nitrogen and oxygen atoms in total. The van der Waals surface area contributed by atoms with Crippen LogP contribution in [0.5, 0.6) is 0 Å². The van der Waals surface area contributed by atoms with Crippen molar-refractivity contribution in [1.29, 1.82) is 0 Å². The van der Waals surface area contributed by atoms with Gasteiger partial charge in [-0.25, -0.2) is 0 Å². The SMILES string of the molecule is O=C1CCCCC1c1nc(Cc2ccccc2)no1. The Labute approximate surface area is 111 Å². The number of rotatable bonds is 3. The first kappa shape index (κ1) is 12.1. The van der Waals surface area contributed by atoms with E-state index in [0.717, 1.165) is 24.8 Å². The Bertz CT molecular complexity index is 563. The van der Waals surface area contributed by atoms with Gasteiger partial charge in [0, 0.05) is 12.8 Å². The molecular formula is C15H16N2O2. The standard InChI is InChI=1S/C15H16N2O2/c18-13-9-5-4-8-12(13)15-16-14(17-19-15)10-11-6-2-1-3-7-11/h1-3,6-7,12H,4-5,8-10H2. The van der Waals surface area contributed by atoms with E-state index in [1.807, 2.05) is 30.3 Å². The van der Waals surface area contributed by atoms with Crippen molar-refractivity contribution in [2.24, 2.45) is 0 Å². The first-order chi connectivity index (χ1) is 9.33. The second-order valence-corrected chi connectivity index (χ2v) is 4.98. The van der Waals surface area contributed by atoms with Gasteiger partial charge in [-0.15, -0.1) is 0 Å². The molecule has 0 amide bonds. The van der Waals surface area contributed by atoms with Crippen LogP contribution < -0.4 is 0 Å². The van der Waals surface area contributed by atoms with Gasteiger partial charge in [0.05, 0.1) is 5.92 Å². The molecule has 4 heteroatoms. The summed E-state index contributed by atoms with van der Waals surface area (Å²) in [7, 11) is 0. The van der Waals surface area contributed by atoms with Crippen LogP contribution in [0, 0.1) is 0 Å². The maximum atomic E-state index is 11.8. The van der Waals surface area contributed by atoms with Crippen molar-refractivity contribution in [1.82, 2.24) is 10.1 Å². The summed E-state index contributed by atoms with van der Waals surface area (Å²) in [5.74, 6) is 1.21. The van der Waals surface area contributed by atoms with Gasteiger partial charge in [-0.05, 0) is 18.4 Å². The summed E-state index contributed by atoms with van der Waals surface area (Å²) in [6.45, 7) is 0. The van der Waals surface area contributed by atoms with E-state index >= 15 is 0 Å². The van der Waals surface area contributed by atoms with Crippen molar-refractivity contribution in [2.45, 2.75) is 38.0 Å². The van der Waals surface area contributed by atoms with E-state index in [1.54, 1.807) is 0 Å². The summed E-state index contributed by atoms with van der Waals surface area (Å²) in [6.07, 6.45) is 4.17. The van der Waals surface area contributed by atoms with Crippen molar-refractivity contribution in [3.05, 3.63) is 47.6 Å². The summed E-state index contributed by atoms with van der Waals surface area (Å²) >= 11 is 0. The molecule has 0 saturated heterocycles. The summed E-state index contributed by atoms with van der Waals surface area (Å²) in [6, 6.07) is 10.0. The molecule has 1 unspecified atom stereocenters. The highest BCUT2D eigenvalue weighted by Crippen LogP contribution is 2.28. The molecule has 0 radical (unpaired) electrons. The van der Waals surface area contributed by atoms with Crippen LogP contribution in [0.15, 0.2) is 34.9 Å². The number of nitrogens with zero attached hydrogens (tertiary/aromatic N) is 2. The minimum atomic E-state index is -0.175. The van der Waals surface area contributed by atoms with Crippen molar-refractivity contribution >= 4 is 5.78 Å². The molecule has 1 aromatic carbocycles. The predicted molar refractivity (Wildman–Crippen MR) is 69.8 cm³/mol. The van der Waals surface area contributed by atoms with Gasteiger partial charge in [-0.1, -0.05) is 41.9 Å². The molecule has 0 aliphatic heterocycles. The zero-order valence-corrected chi connectivity index (χ0v) is 10.7. The first-order valence-electron chi connectivity index (χ1n) is 6.72. The molecule has 0 bridgehead atoms. The Morgan fingerprint density at radius 2 is 2.05 bits per heavy atom. The number of benzene rings is 1. The van der Waals surface area contributed by atoms with Crippen LogP contribution in [0.25, 0.3) is 0 Å². The van der Waals surface area contributed by atoms with Gasteiger partial charge in [-0.2, -0.15) is 4.98 Å². The van der Waals surface area contributed by atoms with E-state index in [9.17, 15) is 4.79 Å². The van der Waals surface area contributed by atoms with Crippen LogP contribution in [0.2, 0.25) is 0 Å². The van der Waals surface area contributed by atoms with Gasteiger partial charge in [0.1, 0.15) is 5.78 Å². The molecule has 1 aromatic heterocycles. The lowest BCUT2D eigenvalue weighted by atomic mass is 9.88. The lowest BCUT2D eigenvalue weighted by Crippen LogP contribution is -2.17. The van der Waals surface area contributed by atoms with Gasteiger partial charge in [-0.3, -0.25) is 4.79 Å². The molecule has 2 aromatic rings. The number of Topliss-reactive ketones (excluding diaryl/α,β-unsaturated/α-hetero) is 1. The minimum absolute atomic E-state index is 0.175. The van der Waals surface area contributed by atoms with Gasteiger partial charge in [0.15, 0.2) is 5.82 Å². The van der Waals surface area contributed by atoms with Crippen LogP contribution in [-0.2, 0) is 11.2 Å². The molecule has 1 saturated carbocycles. The Hall–Kier alpha value is -1.97. The van der Waals surface area contributed by atoms with Crippen LogP contribution in [0.4, 0.5) is 0 Å². The molecule has 3 rings (SSSR count).